The number of nitrogens with zero attached hydrogens (tertiary/aromatic N) is 2. The van der Waals surface area contributed by atoms with E-state index in [0.717, 1.165) is 23.1 Å². The molecule has 0 aliphatic carbocycles. The number of nitro benzene ring substituents is 1. The Kier molecular flexibility index (Phi) is 6.49. The van der Waals surface area contributed by atoms with Gasteiger partial charge in [0.25, 0.3) is 5.69 Å². The van der Waals surface area contributed by atoms with Crippen LogP contribution in [0.4, 0.5) is 24.5 Å². The maximum Gasteiger partial charge on any atom is 0.393 e. The Bertz CT molecular complexity index is 860. The van der Waals surface area contributed by atoms with Crippen LogP contribution in [0.15, 0.2) is 23.1 Å². The lowest BCUT2D eigenvalue weighted by molar-refractivity contribution is -0.384. The summed E-state index contributed by atoms with van der Waals surface area (Å²) in [7, 11) is -4.13. The smallest absolute Gasteiger partial charge is 0.379 e. The van der Waals surface area contributed by atoms with E-state index in [-0.39, 0.29) is 38.0 Å². The molecule has 13 heteroatoms. The van der Waals surface area contributed by atoms with E-state index < -0.39 is 50.1 Å². The standard InChI is InChI=1S/C15H19F3N4O5S/c16-15(17,18)10-2-1-7-21(9-10)14(23)5-6-20-12-4-3-11(28(19,26)27)8-13(12)22(24)25/h3-4,8,10,20H,1-2,5-7,9H2,(H2,19,26,27). The number of nitro groups is 1. The Morgan fingerprint density at radius 1 is 1.39 bits per heavy atom. The van der Waals surface area contributed by atoms with E-state index in [1.54, 1.807) is 0 Å². The van der Waals surface area contributed by atoms with Gasteiger partial charge in [-0.3, -0.25) is 14.9 Å². The van der Waals surface area contributed by atoms with Gasteiger partial charge in [-0.05, 0) is 25.0 Å². The number of rotatable bonds is 6. The number of amides is 1. The van der Waals surface area contributed by atoms with E-state index >= 15 is 0 Å². The van der Waals surface area contributed by atoms with Gasteiger partial charge in [0, 0.05) is 32.1 Å². The third-order valence-corrected chi connectivity index (χ3v) is 5.30. The van der Waals surface area contributed by atoms with Crippen LogP contribution >= 0.6 is 0 Å². The van der Waals surface area contributed by atoms with Gasteiger partial charge >= 0.3 is 6.18 Å². The second-order valence-corrected chi connectivity index (χ2v) is 7.94. The van der Waals surface area contributed by atoms with Crippen LogP contribution in [-0.4, -0.2) is 50.0 Å². The molecule has 1 amide bonds. The Balaban J connectivity index is 1.99. The normalized spacial score (nSPS) is 18.0. The Hall–Kier alpha value is -2.41. The fourth-order valence-electron chi connectivity index (χ4n) is 2.92. The summed E-state index contributed by atoms with van der Waals surface area (Å²) in [4.78, 5) is 23.2. The molecule has 0 saturated carbocycles. The number of likely N-dealkylation sites (tertiary alicyclic amines) is 1. The number of primary sulfonamides is 1. The average molecular weight is 424 g/mol. The molecule has 3 N–H and O–H groups in total. The predicted octanol–water partition coefficient (Wildman–Crippen LogP) is 1.85. The number of carbonyl (C=O) groups excluding carboxylic acids is 1. The molecule has 1 unspecified atom stereocenters. The number of hydrogen-bond donors (Lipinski definition) is 2. The molecule has 1 aromatic carbocycles. The maximum absolute atomic E-state index is 12.8. The summed E-state index contributed by atoms with van der Waals surface area (Å²) in [6.45, 7) is -0.234. The van der Waals surface area contributed by atoms with Gasteiger partial charge in [-0.1, -0.05) is 0 Å². The number of piperidine rings is 1. The Morgan fingerprint density at radius 2 is 2.07 bits per heavy atom. The number of anilines is 1. The maximum atomic E-state index is 12.8. The van der Waals surface area contributed by atoms with Crippen molar-refractivity contribution in [3.63, 3.8) is 0 Å². The molecule has 0 aromatic heterocycles. The van der Waals surface area contributed by atoms with Gasteiger partial charge in [0.2, 0.25) is 15.9 Å². The summed E-state index contributed by atoms with van der Waals surface area (Å²) in [6.07, 6.45) is -4.29. The molecule has 0 radical (unpaired) electrons. The zero-order valence-corrected chi connectivity index (χ0v) is 15.4. The molecule has 28 heavy (non-hydrogen) atoms. The van der Waals surface area contributed by atoms with E-state index in [2.05, 4.69) is 5.32 Å². The van der Waals surface area contributed by atoms with Crippen LogP contribution < -0.4 is 10.5 Å². The minimum absolute atomic E-state index is 0.0197. The zero-order valence-electron chi connectivity index (χ0n) is 14.6. The summed E-state index contributed by atoms with van der Waals surface area (Å²) in [5.41, 5.74) is -0.578. The lowest BCUT2D eigenvalue weighted by Crippen LogP contribution is -2.44. The van der Waals surface area contributed by atoms with Crippen molar-refractivity contribution < 1.29 is 31.3 Å². The van der Waals surface area contributed by atoms with Crippen LogP contribution in [0.5, 0.6) is 0 Å². The minimum atomic E-state index is -4.36. The largest absolute Gasteiger partial charge is 0.393 e. The number of alkyl halides is 3. The fraction of sp³-hybridized carbons (Fsp3) is 0.533. The lowest BCUT2D eigenvalue weighted by atomic mass is 9.97. The Morgan fingerprint density at radius 3 is 2.64 bits per heavy atom. The van der Waals surface area contributed by atoms with Gasteiger partial charge in [0.15, 0.2) is 0 Å². The van der Waals surface area contributed by atoms with E-state index in [1.807, 2.05) is 0 Å². The van der Waals surface area contributed by atoms with Gasteiger partial charge in [0.1, 0.15) is 5.69 Å². The second-order valence-electron chi connectivity index (χ2n) is 6.38. The van der Waals surface area contributed by atoms with E-state index in [9.17, 15) is 36.5 Å². The first-order valence-corrected chi connectivity index (χ1v) is 9.84. The van der Waals surface area contributed by atoms with Crippen LogP contribution in [0.3, 0.4) is 0 Å². The molecular formula is C15H19F3N4O5S. The van der Waals surface area contributed by atoms with Crippen molar-refractivity contribution in [2.45, 2.75) is 30.3 Å². The number of halogens is 3. The van der Waals surface area contributed by atoms with Crippen molar-refractivity contribution in [3.8, 4) is 0 Å². The van der Waals surface area contributed by atoms with E-state index in [4.69, 9.17) is 5.14 Å². The summed E-state index contributed by atoms with van der Waals surface area (Å²) in [5, 5.41) is 18.7. The number of sulfonamides is 1. The highest BCUT2D eigenvalue weighted by atomic mass is 32.2. The van der Waals surface area contributed by atoms with Gasteiger partial charge in [0.05, 0.1) is 15.7 Å². The summed E-state index contributed by atoms with van der Waals surface area (Å²) in [6, 6.07) is 3.01. The van der Waals surface area contributed by atoms with Gasteiger partial charge < -0.3 is 10.2 Å². The van der Waals surface area contributed by atoms with Crippen molar-refractivity contribution >= 4 is 27.3 Å². The van der Waals surface area contributed by atoms with Crippen molar-refractivity contribution in [2.24, 2.45) is 11.1 Å². The summed E-state index contributed by atoms with van der Waals surface area (Å²) < 4.78 is 61.1. The van der Waals surface area contributed by atoms with Crippen LogP contribution in [0.1, 0.15) is 19.3 Å². The molecule has 2 rings (SSSR count). The van der Waals surface area contributed by atoms with E-state index in [0.29, 0.717) is 0 Å². The highest BCUT2D eigenvalue weighted by molar-refractivity contribution is 7.89. The fourth-order valence-corrected chi connectivity index (χ4v) is 3.46. The molecular weight excluding hydrogens is 405 g/mol. The zero-order chi connectivity index (χ0) is 21.1. The summed E-state index contributed by atoms with van der Waals surface area (Å²) in [5.74, 6) is -2.05. The molecule has 9 nitrogen and oxygen atoms in total. The third kappa shape index (κ3) is 5.55. The molecule has 1 aliphatic rings. The topological polar surface area (TPSA) is 136 Å². The monoisotopic (exact) mass is 424 g/mol. The minimum Gasteiger partial charge on any atom is -0.379 e. The quantitative estimate of drug-likeness (QED) is 0.528. The number of nitrogens with two attached hydrogens (primary N) is 1. The highest BCUT2D eigenvalue weighted by Crippen LogP contribution is 2.33. The number of nitrogens with one attached hydrogen (secondary N) is 1. The molecule has 1 saturated heterocycles. The summed E-state index contributed by atoms with van der Waals surface area (Å²) >= 11 is 0. The van der Waals surface area contributed by atoms with Crippen molar-refractivity contribution in [2.75, 3.05) is 25.0 Å². The number of carbonyl (C=O) groups is 1. The molecule has 1 atom stereocenters. The van der Waals surface area contributed by atoms with Crippen LogP contribution in [0.25, 0.3) is 0 Å². The highest BCUT2D eigenvalue weighted by Gasteiger charge is 2.42. The third-order valence-electron chi connectivity index (χ3n) is 4.39. The molecule has 0 spiro atoms. The van der Waals surface area contributed by atoms with Gasteiger partial charge in [-0.25, -0.2) is 13.6 Å². The molecule has 156 valence electrons. The molecule has 1 aliphatic heterocycles. The molecule has 0 bridgehead atoms. The van der Waals surface area contributed by atoms with Crippen molar-refractivity contribution in [3.05, 3.63) is 28.3 Å². The first-order chi connectivity index (χ1) is 12.9. The molecule has 1 aromatic rings. The lowest BCUT2D eigenvalue weighted by Gasteiger charge is -2.33. The van der Waals surface area contributed by atoms with Gasteiger partial charge in [-0.2, -0.15) is 13.2 Å². The molecule has 1 heterocycles. The van der Waals surface area contributed by atoms with E-state index in [1.165, 1.54) is 0 Å². The first-order valence-electron chi connectivity index (χ1n) is 8.29. The van der Waals surface area contributed by atoms with Crippen LogP contribution in [0, 0.1) is 16.0 Å². The molecule has 1 fully saturated rings. The SMILES string of the molecule is NS(=O)(=O)c1ccc(NCCC(=O)N2CCCC(C(F)(F)F)C2)c([N+](=O)[O-])c1. The number of benzene rings is 1. The van der Waals surface area contributed by atoms with Crippen molar-refractivity contribution in [1.29, 1.82) is 0 Å². The van der Waals surface area contributed by atoms with Crippen LogP contribution in [-0.2, 0) is 14.8 Å². The second kappa shape index (κ2) is 8.31. The number of hydrogen-bond acceptors (Lipinski definition) is 6. The van der Waals surface area contributed by atoms with Crippen LogP contribution in [0.2, 0.25) is 0 Å². The van der Waals surface area contributed by atoms with Gasteiger partial charge in [-0.15, -0.1) is 0 Å². The predicted molar refractivity (Wildman–Crippen MR) is 92.9 cm³/mol. The van der Waals surface area contributed by atoms with Crippen molar-refractivity contribution in [1.82, 2.24) is 4.90 Å². The Labute approximate surface area is 158 Å². The average Bonchev–Trinajstić information content (AvgIpc) is 2.60. The first kappa shape index (κ1) is 21.9.